The quantitative estimate of drug-likeness (QED) is 0.462. The average Bonchev–Trinajstić information content (AvgIpc) is 3.28. The van der Waals surface area contributed by atoms with Crippen LogP contribution >= 0.6 is 0 Å². The van der Waals surface area contributed by atoms with E-state index in [-0.39, 0.29) is 11.9 Å². The van der Waals surface area contributed by atoms with Crippen molar-refractivity contribution < 1.29 is 14.3 Å². The van der Waals surface area contributed by atoms with Crippen molar-refractivity contribution in [1.29, 1.82) is 0 Å². The van der Waals surface area contributed by atoms with Gasteiger partial charge in [0.05, 0.1) is 30.0 Å². The van der Waals surface area contributed by atoms with Crippen LogP contribution in [0.4, 0.5) is 16.2 Å². The molecule has 0 atom stereocenters. The molecule has 0 radical (unpaired) electrons. The second kappa shape index (κ2) is 9.12. The highest BCUT2D eigenvalue weighted by molar-refractivity contribution is 6.12. The zero-order chi connectivity index (χ0) is 23.5. The minimum atomic E-state index is -0.471. The molecule has 2 amide bonds. The van der Waals surface area contributed by atoms with Gasteiger partial charge < -0.3 is 10.1 Å². The fraction of sp³-hybridized carbons (Fsp3) is 0.200. The van der Waals surface area contributed by atoms with Gasteiger partial charge in [0.2, 0.25) is 0 Å². The molecule has 0 saturated heterocycles. The fourth-order valence-corrected chi connectivity index (χ4v) is 3.55. The summed E-state index contributed by atoms with van der Waals surface area (Å²) >= 11 is 0. The van der Waals surface area contributed by atoms with E-state index in [1.165, 1.54) is 12.0 Å². The molecule has 168 valence electrons. The lowest BCUT2D eigenvalue weighted by Gasteiger charge is -2.16. The highest BCUT2D eigenvalue weighted by Crippen LogP contribution is 2.27. The number of rotatable bonds is 5. The second-order valence-corrected chi connectivity index (χ2v) is 7.87. The van der Waals surface area contributed by atoms with Crippen LogP contribution < -0.4 is 10.2 Å². The molecule has 2 heterocycles. The largest absolute Gasteiger partial charge is 0.452 e. The van der Waals surface area contributed by atoms with Gasteiger partial charge in [-0.1, -0.05) is 30.3 Å². The highest BCUT2D eigenvalue weighted by Gasteiger charge is 2.19. The third-order valence-electron chi connectivity index (χ3n) is 5.33. The first-order valence-corrected chi connectivity index (χ1v) is 10.6. The third-order valence-corrected chi connectivity index (χ3v) is 5.33. The molecule has 0 saturated carbocycles. The van der Waals surface area contributed by atoms with E-state index in [1.807, 2.05) is 48.9 Å². The van der Waals surface area contributed by atoms with Crippen molar-refractivity contribution >= 4 is 34.4 Å². The van der Waals surface area contributed by atoms with Crippen molar-refractivity contribution in [2.45, 2.75) is 19.9 Å². The Labute approximate surface area is 191 Å². The minimum absolute atomic E-state index is 0.0938. The molecule has 0 unspecified atom stereocenters. The van der Waals surface area contributed by atoms with E-state index in [0.717, 1.165) is 5.56 Å². The van der Waals surface area contributed by atoms with Crippen LogP contribution in [0, 0.1) is 0 Å². The molecule has 8 nitrogen and oxygen atoms in total. The first-order valence-electron chi connectivity index (χ1n) is 10.6. The number of nitrogens with one attached hydrogen (secondary N) is 1. The van der Waals surface area contributed by atoms with Crippen LogP contribution in [-0.2, 0) is 4.74 Å². The lowest BCUT2D eigenvalue weighted by molar-refractivity contribution is 0.102. The van der Waals surface area contributed by atoms with Crippen LogP contribution in [0.3, 0.4) is 0 Å². The molecular weight excluding hydrogens is 418 g/mol. The number of ether oxygens (including phenoxy) is 1. The first kappa shape index (κ1) is 22.0. The molecule has 33 heavy (non-hydrogen) atoms. The predicted molar refractivity (Wildman–Crippen MR) is 129 cm³/mol. The Kier molecular flexibility index (Phi) is 6.08. The van der Waals surface area contributed by atoms with Crippen LogP contribution in [0.15, 0.2) is 66.9 Å². The van der Waals surface area contributed by atoms with Gasteiger partial charge in [-0.3, -0.25) is 9.69 Å². The van der Waals surface area contributed by atoms with E-state index >= 15 is 0 Å². The molecule has 0 aliphatic rings. The number of amides is 2. The minimum Gasteiger partial charge on any atom is -0.452 e. The molecule has 0 bridgehead atoms. The zero-order valence-corrected chi connectivity index (χ0v) is 18.9. The highest BCUT2D eigenvalue weighted by atomic mass is 16.5. The third kappa shape index (κ3) is 4.41. The molecule has 1 N–H and O–H groups in total. The molecule has 4 aromatic rings. The summed E-state index contributed by atoms with van der Waals surface area (Å²) in [5.74, 6) is -0.267. The summed E-state index contributed by atoms with van der Waals surface area (Å²) < 4.78 is 6.55. The van der Waals surface area contributed by atoms with Crippen LogP contribution in [0.1, 0.15) is 30.2 Å². The summed E-state index contributed by atoms with van der Waals surface area (Å²) in [5.41, 5.74) is 4.01. The first-order chi connectivity index (χ1) is 15.9. The molecule has 4 rings (SSSR count). The van der Waals surface area contributed by atoms with Crippen LogP contribution in [-0.4, -0.2) is 40.9 Å². The summed E-state index contributed by atoms with van der Waals surface area (Å²) in [5, 5.41) is 8.08. The van der Waals surface area contributed by atoms with Crippen molar-refractivity contribution in [3.8, 4) is 11.3 Å². The number of fused-ring (bicyclic) bond motifs is 1. The van der Waals surface area contributed by atoms with Gasteiger partial charge in [0.1, 0.15) is 0 Å². The van der Waals surface area contributed by atoms with Gasteiger partial charge in [0.25, 0.3) is 5.91 Å². The Hall–Kier alpha value is -4.20. The summed E-state index contributed by atoms with van der Waals surface area (Å²) in [6.07, 6.45) is 1.21. The Bertz CT molecular complexity index is 1300. The average molecular weight is 444 g/mol. The molecule has 2 aromatic carbocycles. The molecule has 0 aliphatic heterocycles. The van der Waals surface area contributed by atoms with Gasteiger partial charge >= 0.3 is 6.09 Å². The number of benzene rings is 2. The molecule has 0 fully saturated rings. The predicted octanol–water partition coefficient (Wildman–Crippen LogP) is 5.13. The smallest absolute Gasteiger partial charge is 0.413 e. The van der Waals surface area contributed by atoms with Crippen molar-refractivity contribution in [2.24, 2.45) is 0 Å². The second-order valence-electron chi connectivity index (χ2n) is 7.87. The van der Waals surface area contributed by atoms with E-state index < -0.39 is 6.09 Å². The lowest BCUT2D eigenvalue weighted by Crippen LogP contribution is -2.25. The van der Waals surface area contributed by atoms with Crippen LogP contribution in [0.2, 0.25) is 0 Å². The number of aromatic nitrogens is 3. The monoisotopic (exact) mass is 443 g/mol. The van der Waals surface area contributed by atoms with Crippen molar-refractivity contribution in [2.75, 3.05) is 24.4 Å². The van der Waals surface area contributed by atoms with Gasteiger partial charge in [0, 0.05) is 30.0 Å². The molecule has 0 spiro atoms. The van der Waals surface area contributed by atoms with Gasteiger partial charge in [0.15, 0.2) is 5.65 Å². The maximum absolute atomic E-state index is 13.3. The van der Waals surface area contributed by atoms with E-state index in [4.69, 9.17) is 9.72 Å². The maximum Gasteiger partial charge on any atom is 0.413 e. The Morgan fingerprint density at radius 1 is 1.06 bits per heavy atom. The SMILES string of the molecule is COC(=O)N(C)c1ccc(NC(=O)c2cc(-c3ccccc3)nc3c2cnn3C(C)C)cc1. The van der Waals surface area contributed by atoms with Crippen molar-refractivity contribution in [3.63, 3.8) is 0 Å². The molecular formula is C25H25N5O3. The number of methoxy groups -OCH3 is 1. The van der Waals surface area contributed by atoms with Gasteiger partial charge in [-0.2, -0.15) is 5.10 Å². The maximum atomic E-state index is 13.3. The van der Waals surface area contributed by atoms with Crippen molar-refractivity contribution in [1.82, 2.24) is 14.8 Å². The van der Waals surface area contributed by atoms with Crippen LogP contribution in [0.5, 0.6) is 0 Å². The zero-order valence-electron chi connectivity index (χ0n) is 18.9. The summed E-state index contributed by atoms with van der Waals surface area (Å²) in [7, 11) is 2.94. The number of carbonyl (C=O) groups excluding carboxylic acids is 2. The van der Waals surface area contributed by atoms with Gasteiger partial charge in [-0.15, -0.1) is 0 Å². The van der Waals surface area contributed by atoms with E-state index in [2.05, 4.69) is 10.4 Å². The number of hydrogen-bond acceptors (Lipinski definition) is 5. The number of carbonyl (C=O) groups is 2. The summed E-state index contributed by atoms with van der Waals surface area (Å²) in [6, 6.07) is 18.6. The topological polar surface area (TPSA) is 89.3 Å². The number of pyridine rings is 1. The summed E-state index contributed by atoms with van der Waals surface area (Å²) in [4.78, 5) is 31.2. The lowest BCUT2D eigenvalue weighted by atomic mass is 10.1. The van der Waals surface area contributed by atoms with Gasteiger partial charge in [-0.25, -0.2) is 14.5 Å². The standard InChI is InChI=1S/C25H25N5O3/c1-16(2)30-23-21(15-26-30)20(14-22(28-23)17-8-6-5-7-9-17)24(31)27-18-10-12-19(13-11-18)29(3)25(32)33-4/h5-16H,1-4H3,(H,27,31). The van der Waals surface area contributed by atoms with Gasteiger partial charge in [-0.05, 0) is 44.2 Å². The van der Waals surface area contributed by atoms with Crippen LogP contribution in [0.25, 0.3) is 22.3 Å². The number of anilines is 2. The normalized spacial score (nSPS) is 10.9. The van der Waals surface area contributed by atoms with E-state index in [0.29, 0.717) is 33.7 Å². The fourth-order valence-electron chi connectivity index (χ4n) is 3.55. The Balaban J connectivity index is 1.70. The Morgan fingerprint density at radius 2 is 1.76 bits per heavy atom. The Morgan fingerprint density at radius 3 is 2.39 bits per heavy atom. The van der Waals surface area contributed by atoms with E-state index in [1.54, 1.807) is 43.6 Å². The molecule has 0 aliphatic carbocycles. The molecule has 2 aromatic heterocycles. The van der Waals surface area contributed by atoms with Crippen molar-refractivity contribution in [3.05, 3.63) is 72.4 Å². The molecule has 8 heteroatoms. The number of nitrogens with zero attached hydrogens (tertiary/aromatic N) is 4. The van der Waals surface area contributed by atoms with E-state index in [9.17, 15) is 9.59 Å². The number of hydrogen-bond donors (Lipinski definition) is 1. The summed E-state index contributed by atoms with van der Waals surface area (Å²) in [6.45, 7) is 4.05.